The first-order valence-corrected chi connectivity index (χ1v) is 28.9. The number of carbonyl (C=O) groups is 12. The van der Waals surface area contributed by atoms with Crippen molar-refractivity contribution in [3.05, 3.63) is 54.1 Å². The second-order valence-corrected chi connectivity index (χ2v) is 22.7. The predicted molar refractivity (Wildman–Crippen MR) is 310 cm³/mol. The van der Waals surface area contributed by atoms with Crippen LogP contribution in [0.5, 0.6) is 0 Å². The van der Waals surface area contributed by atoms with E-state index in [9.17, 15) is 67.7 Å². The number of carboxylic acid groups (broad SMARTS) is 1. The van der Waals surface area contributed by atoms with Gasteiger partial charge in [0.1, 0.15) is 60.4 Å². The maximum absolute atomic E-state index is 14.7. The summed E-state index contributed by atoms with van der Waals surface area (Å²) in [5.41, 5.74) is 12.7. The fourth-order valence-electron chi connectivity index (χ4n) is 9.30. The van der Waals surface area contributed by atoms with Crippen LogP contribution in [0.3, 0.4) is 0 Å². The van der Waals surface area contributed by atoms with Gasteiger partial charge in [-0.2, -0.15) is 0 Å². The van der Waals surface area contributed by atoms with Gasteiger partial charge in [-0.3, -0.25) is 57.5 Å². The zero-order valence-corrected chi connectivity index (χ0v) is 50.3. The van der Waals surface area contributed by atoms with E-state index in [1.54, 1.807) is 41.5 Å². The van der Waals surface area contributed by atoms with Crippen molar-refractivity contribution in [1.82, 2.24) is 62.7 Å². The van der Waals surface area contributed by atoms with Crippen molar-refractivity contribution in [2.75, 3.05) is 13.2 Å². The average Bonchev–Trinajstić information content (AvgIpc) is 3.90. The van der Waals surface area contributed by atoms with Crippen LogP contribution in [0.15, 0.2) is 42.9 Å². The second-order valence-electron chi connectivity index (χ2n) is 22.7. The summed E-state index contributed by atoms with van der Waals surface area (Å²) in [6.07, 6.45) is 3.58. The SMILES string of the molecule is CC[C@H](C)[C@H](NC(=O)[C@H](C)NC(=O)[C@H](Cc1cnc[nH]1)NC(=O)[C@@H]1CCCN1C(=O)[C@@H](NC(=O)[C@H](CC(C)C)NC(=O)[C@@H](CO)NC(=O)[C@H](CC(C)C)NC(=O)[C@@H](N)Cc1ccccc1)[C@@H](C)CC)C(=O)N[C@@H](CC(N)=O)C(=O)N[C@@H](C)C(=O)O. The number of amides is 11. The number of primary amides is 1. The molecule has 28 heteroatoms. The highest BCUT2D eigenvalue weighted by Gasteiger charge is 2.42. The van der Waals surface area contributed by atoms with Crippen LogP contribution in [0.4, 0.5) is 0 Å². The number of likely N-dealkylation sites (tertiary alicyclic amines) is 1. The van der Waals surface area contributed by atoms with Crippen LogP contribution in [-0.4, -0.2) is 176 Å². The third kappa shape index (κ3) is 22.8. The molecule has 2 heterocycles. The van der Waals surface area contributed by atoms with Crippen LogP contribution in [0, 0.1) is 23.7 Å². The van der Waals surface area contributed by atoms with Gasteiger partial charge >= 0.3 is 5.97 Å². The van der Waals surface area contributed by atoms with Gasteiger partial charge in [-0.05, 0) is 75.2 Å². The number of aliphatic hydroxyl groups is 1. The zero-order valence-electron chi connectivity index (χ0n) is 50.3. The third-order valence-electron chi connectivity index (χ3n) is 14.7. The van der Waals surface area contributed by atoms with Crippen LogP contribution < -0.4 is 59.3 Å². The summed E-state index contributed by atoms with van der Waals surface area (Å²) in [6, 6.07) is -5.32. The summed E-state index contributed by atoms with van der Waals surface area (Å²) < 4.78 is 0. The number of nitrogens with zero attached hydrogens (tertiary/aromatic N) is 2. The molecule has 472 valence electrons. The third-order valence-corrected chi connectivity index (χ3v) is 14.7. The first-order chi connectivity index (χ1) is 40.0. The van der Waals surface area contributed by atoms with Crippen molar-refractivity contribution in [3.63, 3.8) is 0 Å². The van der Waals surface area contributed by atoms with Crippen LogP contribution in [0.1, 0.15) is 125 Å². The number of H-pyrrole nitrogens is 1. The minimum Gasteiger partial charge on any atom is -0.480 e. The van der Waals surface area contributed by atoms with Gasteiger partial charge in [-0.25, -0.2) is 4.98 Å². The number of aromatic nitrogens is 2. The number of carbonyl (C=O) groups excluding carboxylic acids is 11. The highest BCUT2D eigenvalue weighted by molar-refractivity contribution is 5.99. The highest BCUT2D eigenvalue weighted by Crippen LogP contribution is 2.23. The van der Waals surface area contributed by atoms with Gasteiger partial charge < -0.3 is 79.4 Å². The quantitative estimate of drug-likeness (QED) is 0.0357. The number of nitrogens with one attached hydrogen (secondary N) is 10. The monoisotopic (exact) mass is 1190 g/mol. The van der Waals surface area contributed by atoms with E-state index in [-0.39, 0.29) is 50.5 Å². The first-order valence-electron chi connectivity index (χ1n) is 28.9. The number of hydrogen-bond donors (Lipinski definition) is 14. The summed E-state index contributed by atoms with van der Waals surface area (Å²) >= 11 is 0. The molecule has 0 bridgehead atoms. The number of carboxylic acids is 1. The molecule has 1 saturated heterocycles. The van der Waals surface area contributed by atoms with Crippen molar-refractivity contribution < 1.29 is 67.7 Å². The van der Waals surface area contributed by atoms with Gasteiger partial charge in [0.25, 0.3) is 0 Å². The molecule has 85 heavy (non-hydrogen) atoms. The predicted octanol–water partition coefficient (Wildman–Crippen LogP) is -1.95. The van der Waals surface area contributed by atoms with Crippen molar-refractivity contribution in [2.45, 2.75) is 193 Å². The molecular formula is C57H90N14O14. The molecule has 1 fully saturated rings. The van der Waals surface area contributed by atoms with E-state index in [2.05, 4.69) is 57.8 Å². The van der Waals surface area contributed by atoms with Gasteiger partial charge in [-0.1, -0.05) is 98.6 Å². The van der Waals surface area contributed by atoms with E-state index in [1.165, 1.54) is 31.3 Å². The topological polar surface area (TPSA) is 438 Å². The van der Waals surface area contributed by atoms with E-state index in [4.69, 9.17) is 11.5 Å². The number of imidazole rings is 1. The average molecular weight is 1200 g/mol. The number of aliphatic carboxylic acids is 1. The molecule has 11 amide bonds. The molecular weight excluding hydrogens is 1100 g/mol. The fourth-order valence-corrected chi connectivity index (χ4v) is 9.30. The standard InChI is InChI=1S/C57H90N14O14/c1-11-31(7)45(55(82)67-41(25-44(59)73)50(77)63-34(10)57(84)85)69-47(74)33(9)62-49(76)40(24-36-26-60-28-61-36)66-54(81)43-19-16-20-71(43)56(83)46(32(8)12-2)70-52(79)39(22-30(5)6)65-53(80)42(27-72)68-51(78)38(21-29(3)4)64-48(75)37(58)23-35-17-14-13-15-18-35/h13-15,17-18,26,28-34,37-43,45-46,72H,11-12,16,19-25,27,58H2,1-10H3,(H2,59,73)(H,60,61)(H,62,76)(H,63,77)(H,64,75)(H,65,80)(H,66,81)(H,67,82)(H,68,78)(H,69,74)(H,70,79)(H,84,85)/t31-,32-,33-,34-,37-,38-,39-,40-,41-,42+,43-,45-,46-/m0/s1. The molecule has 0 unspecified atom stereocenters. The molecule has 0 saturated carbocycles. The summed E-state index contributed by atoms with van der Waals surface area (Å²) in [5.74, 6) is -11.8. The van der Waals surface area contributed by atoms with Crippen LogP contribution in [-0.2, 0) is 70.4 Å². The van der Waals surface area contributed by atoms with E-state index >= 15 is 0 Å². The second kappa shape index (κ2) is 34.7. The lowest BCUT2D eigenvalue weighted by molar-refractivity contribution is -0.143. The molecule has 0 aliphatic carbocycles. The number of aromatic amines is 1. The van der Waals surface area contributed by atoms with E-state index in [0.29, 0.717) is 25.0 Å². The Morgan fingerprint density at radius 3 is 1.66 bits per heavy atom. The number of rotatable bonds is 35. The van der Waals surface area contributed by atoms with Crippen LogP contribution in [0.2, 0.25) is 0 Å². The summed E-state index contributed by atoms with van der Waals surface area (Å²) in [5, 5.41) is 42.7. The maximum Gasteiger partial charge on any atom is 0.325 e. The Morgan fingerprint density at radius 2 is 1.12 bits per heavy atom. The van der Waals surface area contributed by atoms with Gasteiger partial charge in [0.15, 0.2) is 0 Å². The minimum absolute atomic E-state index is 0.0644. The largest absolute Gasteiger partial charge is 0.480 e. The molecule has 0 spiro atoms. The van der Waals surface area contributed by atoms with Crippen molar-refractivity contribution in [2.24, 2.45) is 35.1 Å². The smallest absolute Gasteiger partial charge is 0.325 e. The molecule has 0 radical (unpaired) electrons. The number of nitrogens with two attached hydrogens (primary N) is 2. The molecule has 13 atom stereocenters. The molecule has 1 aromatic heterocycles. The molecule has 3 rings (SSSR count). The Balaban J connectivity index is 1.79. The van der Waals surface area contributed by atoms with E-state index in [0.717, 1.165) is 5.56 Å². The Morgan fingerprint density at radius 1 is 0.612 bits per heavy atom. The van der Waals surface area contributed by atoms with Crippen molar-refractivity contribution >= 4 is 70.9 Å². The summed E-state index contributed by atoms with van der Waals surface area (Å²) in [6.45, 7) is 15.9. The Bertz CT molecular complexity index is 2610. The van der Waals surface area contributed by atoms with Gasteiger partial charge in [0.05, 0.1) is 25.4 Å². The Labute approximate surface area is 495 Å². The zero-order chi connectivity index (χ0) is 63.8. The summed E-state index contributed by atoms with van der Waals surface area (Å²) in [7, 11) is 0. The lowest BCUT2D eigenvalue weighted by Gasteiger charge is -2.33. The van der Waals surface area contributed by atoms with Gasteiger partial charge in [-0.15, -0.1) is 0 Å². The first kappa shape index (κ1) is 71.3. The molecule has 1 aromatic carbocycles. The fraction of sp³-hybridized carbons (Fsp3) is 0.632. The van der Waals surface area contributed by atoms with E-state index in [1.807, 2.05) is 44.2 Å². The van der Waals surface area contributed by atoms with Crippen molar-refractivity contribution in [1.29, 1.82) is 0 Å². The normalized spacial score (nSPS) is 17.3. The number of benzene rings is 1. The molecule has 16 N–H and O–H groups in total. The minimum atomic E-state index is -1.60. The molecule has 1 aliphatic heterocycles. The summed E-state index contributed by atoms with van der Waals surface area (Å²) in [4.78, 5) is 170. The molecule has 2 aromatic rings. The maximum atomic E-state index is 14.7. The number of aliphatic hydroxyl groups excluding tert-OH is 1. The van der Waals surface area contributed by atoms with E-state index < -0.39 is 162 Å². The molecule has 28 nitrogen and oxygen atoms in total. The molecule has 1 aliphatic rings. The van der Waals surface area contributed by atoms with Gasteiger partial charge in [0, 0.05) is 24.9 Å². The Hall–Kier alpha value is -8.01. The van der Waals surface area contributed by atoms with Crippen molar-refractivity contribution in [3.8, 4) is 0 Å². The highest BCUT2D eigenvalue weighted by atomic mass is 16.4. The van der Waals surface area contributed by atoms with Crippen LogP contribution in [0.25, 0.3) is 0 Å². The Kier molecular flexibility index (Phi) is 29.1. The lowest BCUT2D eigenvalue weighted by atomic mass is 9.95. The lowest BCUT2D eigenvalue weighted by Crippen LogP contribution is -2.62. The van der Waals surface area contributed by atoms with Crippen LogP contribution >= 0.6 is 0 Å². The number of hydrogen-bond acceptors (Lipinski definition) is 15. The van der Waals surface area contributed by atoms with Gasteiger partial charge in [0.2, 0.25) is 65.0 Å².